The van der Waals surface area contributed by atoms with Crippen molar-refractivity contribution in [1.29, 1.82) is 0 Å². The number of hydrogen-bond donors (Lipinski definition) is 0. The van der Waals surface area contributed by atoms with E-state index in [1.165, 1.54) is 37.7 Å². The number of hydrogen-bond acceptors (Lipinski definition) is 0. The van der Waals surface area contributed by atoms with E-state index in [1.54, 1.807) is 5.57 Å². The lowest BCUT2D eigenvalue weighted by atomic mass is 9.81. The van der Waals surface area contributed by atoms with E-state index >= 15 is 0 Å². The van der Waals surface area contributed by atoms with Gasteiger partial charge < -0.3 is 0 Å². The van der Waals surface area contributed by atoms with E-state index in [4.69, 9.17) is 0 Å². The molecule has 0 aliphatic carbocycles. The summed E-state index contributed by atoms with van der Waals surface area (Å²) >= 11 is 0. The second kappa shape index (κ2) is 12.7. The zero-order valence-electron chi connectivity index (χ0n) is 14.8. The Morgan fingerprint density at radius 1 is 1.19 bits per heavy atom. The molecule has 0 nitrogen and oxygen atoms in total. The van der Waals surface area contributed by atoms with Gasteiger partial charge in [-0.25, -0.2) is 0 Å². The Hall–Kier alpha value is -1.04. The highest BCUT2D eigenvalue weighted by Crippen LogP contribution is 2.31. The van der Waals surface area contributed by atoms with Crippen LogP contribution in [0, 0.1) is 11.8 Å². The Labute approximate surface area is 133 Å². The first-order chi connectivity index (χ1) is 10.1. The highest BCUT2D eigenvalue weighted by molar-refractivity contribution is 5.12. The van der Waals surface area contributed by atoms with Crippen LogP contribution in [0.3, 0.4) is 0 Å². The molecule has 0 aliphatic rings. The van der Waals surface area contributed by atoms with Gasteiger partial charge in [-0.05, 0) is 64.2 Å². The first-order valence-corrected chi connectivity index (χ1v) is 8.65. The summed E-state index contributed by atoms with van der Waals surface area (Å²) in [5.41, 5.74) is 2.93. The van der Waals surface area contributed by atoms with E-state index in [-0.39, 0.29) is 0 Å². The zero-order chi connectivity index (χ0) is 16.1. The van der Waals surface area contributed by atoms with Gasteiger partial charge in [0.05, 0.1) is 0 Å². The molecule has 0 spiro atoms. The second-order valence-corrected chi connectivity index (χ2v) is 6.21. The Morgan fingerprint density at radius 2 is 1.90 bits per heavy atom. The highest BCUT2D eigenvalue weighted by Gasteiger charge is 2.17. The van der Waals surface area contributed by atoms with Crippen molar-refractivity contribution in [3.63, 3.8) is 0 Å². The van der Waals surface area contributed by atoms with Crippen LogP contribution in [0.4, 0.5) is 0 Å². The van der Waals surface area contributed by atoms with Crippen molar-refractivity contribution in [2.75, 3.05) is 0 Å². The van der Waals surface area contributed by atoms with Crippen LogP contribution in [0.5, 0.6) is 0 Å². The molecule has 0 bridgehead atoms. The van der Waals surface area contributed by atoms with E-state index in [0.717, 1.165) is 18.8 Å². The Balaban J connectivity index is 4.82. The monoisotopic (exact) mass is 288 g/mol. The topological polar surface area (TPSA) is 0 Å². The molecule has 0 aromatic heterocycles. The van der Waals surface area contributed by atoms with E-state index in [2.05, 4.69) is 65.2 Å². The first-order valence-electron chi connectivity index (χ1n) is 8.65. The average Bonchev–Trinajstić information content (AvgIpc) is 2.47. The van der Waals surface area contributed by atoms with E-state index < -0.39 is 0 Å². The number of allylic oxidation sites excluding steroid dienone is 6. The Kier molecular flexibility index (Phi) is 12.1. The highest BCUT2D eigenvalue weighted by atomic mass is 14.2. The van der Waals surface area contributed by atoms with E-state index in [1.807, 2.05) is 0 Å². The predicted octanol–water partition coefficient (Wildman–Crippen LogP) is 7.25. The van der Waals surface area contributed by atoms with Crippen LogP contribution in [-0.2, 0) is 0 Å². The smallest absolute Gasteiger partial charge is 0.0206 e. The third-order valence-electron chi connectivity index (χ3n) is 4.26. The lowest BCUT2D eigenvalue weighted by Gasteiger charge is -2.24. The maximum Gasteiger partial charge on any atom is -0.0206 e. The summed E-state index contributed by atoms with van der Waals surface area (Å²) in [6.07, 6.45) is 17.2. The molecule has 0 aromatic carbocycles. The average molecular weight is 289 g/mol. The summed E-state index contributed by atoms with van der Waals surface area (Å²) in [7, 11) is 0. The minimum absolute atomic E-state index is 0.685. The van der Waals surface area contributed by atoms with Crippen LogP contribution in [0.25, 0.3) is 0 Å². The van der Waals surface area contributed by atoms with Gasteiger partial charge in [0.2, 0.25) is 0 Å². The molecule has 21 heavy (non-hydrogen) atoms. The first kappa shape index (κ1) is 20.0. The van der Waals surface area contributed by atoms with Crippen LogP contribution in [-0.4, -0.2) is 0 Å². The molecule has 2 atom stereocenters. The molecule has 0 heterocycles. The van der Waals surface area contributed by atoms with Crippen molar-refractivity contribution in [3.8, 4) is 0 Å². The fraction of sp³-hybridized carbons (Fsp3) is 0.619. The zero-order valence-corrected chi connectivity index (χ0v) is 14.8. The minimum atomic E-state index is 0.685. The third-order valence-corrected chi connectivity index (χ3v) is 4.26. The van der Waals surface area contributed by atoms with Crippen molar-refractivity contribution < 1.29 is 0 Å². The molecule has 0 rings (SSSR count). The summed E-state index contributed by atoms with van der Waals surface area (Å²) < 4.78 is 0. The summed E-state index contributed by atoms with van der Waals surface area (Å²) in [4.78, 5) is 0. The largest absolute Gasteiger partial charge is 0.103 e. The quantitative estimate of drug-likeness (QED) is 0.262. The van der Waals surface area contributed by atoms with E-state index in [0.29, 0.717) is 5.92 Å². The van der Waals surface area contributed by atoms with Gasteiger partial charge in [-0.3, -0.25) is 0 Å². The van der Waals surface area contributed by atoms with Gasteiger partial charge in [0.25, 0.3) is 0 Å². The summed E-state index contributed by atoms with van der Waals surface area (Å²) in [6, 6.07) is 0. The molecule has 0 radical (unpaired) electrons. The van der Waals surface area contributed by atoms with E-state index in [9.17, 15) is 0 Å². The second-order valence-electron chi connectivity index (χ2n) is 6.21. The summed E-state index contributed by atoms with van der Waals surface area (Å²) in [5, 5.41) is 0. The SMILES string of the molecule is C=CCCC(C/C(=C/C=C\C)CC)CC(CCC)C(=C)C. The normalized spacial score (nSPS) is 15.1. The van der Waals surface area contributed by atoms with Crippen molar-refractivity contribution in [1.82, 2.24) is 0 Å². The Morgan fingerprint density at radius 3 is 2.38 bits per heavy atom. The van der Waals surface area contributed by atoms with Crippen molar-refractivity contribution in [3.05, 3.63) is 48.6 Å². The van der Waals surface area contributed by atoms with Gasteiger partial charge in [-0.15, -0.1) is 6.58 Å². The van der Waals surface area contributed by atoms with Crippen LogP contribution >= 0.6 is 0 Å². The fourth-order valence-electron chi connectivity index (χ4n) is 2.91. The van der Waals surface area contributed by atoms with Crippen LogP contribution < -0.4 is 0 Å². The molecule has 0 saturated carbocycles. The molecule has 0 N–H and O–H groups in total. The molecule has 0 amide bonds. The molecule has 0 aromatic rings. The van der Waals surface area contributed by atoms with Crippen LogP contribution in [0.1, 0.15) is 72.6 Å². The van der Waals surface area contributed by atoms with Crippen molar-refractivity contribution in [2.45, 2.75) is 72.6 Å². The van der Waals surface area contributed by atoms with Gasteiger partial charge >= 0.3 is 0 Å². The van der Waals surface area contributed by atoms with Gasteiger partial charge in [-0.1, -0.05) is 62.3 Å². The molecule has 0 aliphatic heterocycles. The third kappa shape index (κ3) is 9.50. The molecular weight excluding hydrogens is 252 g/mol. The van der Waals surface area contributed by atoms with Gasteiger partial charge in [-0.2, -0.15) is 0 Å². The predicted molar refractivity (Wildman–Crippen MR) is 98.6 cm³/mol. The molecule has 120 valence electrons. The molecular formula is C21H36. The number of rotatable bonds is 12. The standard InChI is InChI=1S/C21H36/c1-7-11-14-19(10-4)16-20(15-12-8-2)17-21(13-9-3)18(5)6/h7-8,11,14,20-21H,2,5,9-10,12-13,15-17H2,1,3-4,6H3/b11-7-,19-14+. The maximum absolute atomic E-state index is 4.21. The van der Waals surface area contributed by atoms with Crippen molar-refractivity contribution >= 4 is 0 Å². The fourth-order valence-corrected chi connectivity index (χ4v) is 2.91. The van der Waals surface area contributed by atoms with Gasteiger partial charge in [0.15, 0.2) is 0 Å². The van der Waals surface area contributed by atoms with Crippen LogP contribution in [0.2, 0.25) is 0 Å². The Bertz CT molecular complexity index is 343. The van der Waals surface area contributed by atoms with Gasteiger partial charge in [0, 0.05) is 0 Å². The summed E-state index contributed by atoms with van der Waals surface area (Å²) in [6.45, 7) is 16.9. The molecule has 0 saturated heterocycles. The van der Waals surface area contributed by atoms with Crippen molar-refractivity contribution in [2.24, 2.45) is 11.8 Å². The lowest BCUT2D eigenvalue weighted by Crippen LogP contribution is -2.11. The summed E-state index contributed by atoms with van der Waals surface area (Å²) in [5.74, 6) is 1.44. The maximum atomic E-state index is 4.21. The lowest BCUT2D eigenvalue weighted by molar-refractivity contribution is 0.364. The van der Waals surface area contributed by atoms with Crippen LogP contribution in [0.15, 0.2) is 48.6 Å². The minimum Gasteiger partial charge on any atom is -0.103 e. The molecule has 0 fully saturated rings. The molecule has 0 heteroatoms. The van der Waals surface area contributed by atoms with Gasteiger partial charge in [0.1, 0.15) is 0 Å². The molecule has 2 unspecified atom stereocenters.